The first-order valence-corrected chi connectivity index (χ1v) is 8.97. The molecule has 0 saturated carbocycles. The molecular weight excluding hydrogens is 312 g/mol. The Morgan fingerprint density at radius 3 is 2.60 bits per heavy atom. The van der Waals surface area contributed by atoms with E-state index < -0.39 is 0 Å². The third-order valence-corrected chi connectivity index (χ3v) is 5.23. The van der Waals surface area contributed by atoms with Crippen LogP contribution in [0.5, 0.6) is 0 Å². The van der Waals surface area contributed by atoms with Gasteiger partial charge in [0.2, 0.25) is 0 Å². The molecule has 2 aromatic heterocycles. The van der Waals surface area contributed by atoms with Gasteiger partial charge in [-0.25, -0.2) is 14.6 Å². The predicted molar refractivity (Wildman–Crippen MR) is 100 cm³/mol. The molecule has 6 nitrogen and oxygen atoms in total. The van der Waals surface area contributed by atoms with E-state index in [4.69, 9.17) is 0 Å². The van der Waals surface area contributed by atoms with Crippen molar-refractivity contribution in [2.24, 2.45) is 0 Å². The van der Waals surface area contributed by atoms with E-state index in [1.54, 1.807) is 6.33 Å². The monoisotopic (exact) mass is 336 g/mol. The van der Waals surface area contributed by atoms with Crippen LogP contribution in [0.25, 0.3) is 16.7 Å². The fraction of sp³-hybridized carbons (Fsp3) is 0.421. The van der Waals surface area contributed by atoms with Crippen LogP contribution >= 0.6 is 0 Å². The Bertz CT molecular complexity index is 836. The number of anilines is 1. The molecule has 0 amide bonds. The summed E-state index contributed by atoms with van der Waals surface area (Å²) < 4.78 is 1.88. The Balaban J connectivity index is 1.66. The van der Waals surface area contributed by atoms with Crippen molar-refractivity contribution < 1.29 is 0 Å². The zero-order valence-corrected chi connectivity index (χ0v) is 14.8. The largest absolute Gasteiger partial charge is 0.356 e. The van der Waals surface area contributed by atoms with Gasteiger partial charge in [-0.1, -0.05) is 25.1 Å². The summed E-state index contributed by atoms with van der Waals surface area (Å²) in [6.07, 6.45) is 5.87. The lowest BCUT2D eigenvalue weighted by molar-refractivity contribution is 0.220. The molecule has 25 heavy (non-hydrogen) atoms. The summed E-state index contributed by atoms with van der Waals surface area (Å²) in [6, 6.07) is 10.6. The van der Waals surface area contributed by atoms with Crippen molar-refractivity contribution in [3.05, 3.63) is 42.9 Å². The van der Waals surface area contributed by atoms with Crippen LogP contribution in [-0.4, -0.2) is 57.4 Å². The lowest BCUT2D eigenvalue weighted by Crippen LogP contribution is -2.43. The topological polar surface area (TPSA) is 50.1 Å². The molecule has 130 valence electrons. The van der Waals surface area contributed by atoms with Crippen LogP contribution in [0.1, 0.15) is 19.8 Å². The first kappa shape index (κ1) is 16.0. The molecule has 4 rings (SSSR count). The molecule has 1 saturated heterocycles. The minimum Gasteiger partial charge on any atom is -0.356 e. The second kappa shape index (κ2) is 6.80. The van der Waals surface area contributed by atoms with E-state index in [-0.39, 0.29) is 0 Å². The number of nitrogens with zero attached hydrogens (tertiary/aromatic N) is 6. The standard InChI is InChI=1S/C19H24N6/c1-3-24-11-9-15(10-12-24)23(2)18-17-13-22-25(19(17)21-14-20-18)16-7-5-4-6-8-16/h4-8,13-15H,3,9-12H2,1-2H3. The van der Waals surface area contributed by atoms with Gasteiger partial charge in [0, 0.05) is 26.2 Å². The minimum absolute atomic E-state index is 0.515. The number of fused-ring (bicyclic) bond motifs is 1. The maximum absolute atomic E-state index is 4.58. The van der Waals surface area contributed by atoms with Crippen molar-refractivity contribution in [1.82, 2.24) is 24.6 Å². The van der Waals surface area contributed by atoms with Crippen LogP contribution in [-0.2, 0) is 0 Å². The number of hydrogen-bond acceptors (Lipinski definition) is 5. The molecule has 0 bridgehead atoms. The van der Waals surface area contributed by atoms with Crippen molar-refractivity contribution in [2.45, 2.75) is 25.8 Å². The molecule has 3 heterocycles. The molecule has 6 heteroatoms. The van der Waals surface area contributed by atoms with Crippen LogP contribution < -0.4 is 4.90 Å². The van der Waals surface area contributed by atoms with Crippen molar-refractivity contribution in [2.75, 3.05) is 31.6 Å². The van der Waals surface area contributed by atoms with Crippen LogP contribution in [0.2, 0.25) is 0 Å². The van der Waals surface area contributed by atoms with Crippen molar-refractivity contribution in [3.63, 3.8) is 0 Å². The summed E-state index contributed by atoms with van der Waals surface area (Å²) in [5.74, 6) is 0.974. The van der Waals surface area contributed by atoms with Crippen LogP contribution in [0, 0.1) is 0 Å². The van der Waals surface area contributed by atoms with Gasteiger partial charge in [0.05, 0.1) is 17.3 Å². The zero-order valence-electron chi connectivity index (χ0n) is 14.8. The lowest BCUT2D eigenvalue weighted by Gasteiger charge is -2.36. The average Bonchev–Trinajstić information content (AvgIpc) is 3.12. The third kappa shape index (κ3) is 2.98. The van der Waals surface area contributed by atoms with Crippen molar-refractivity contribution in [3.8, 4) is 5.69 Å². The summed E-state index contributed by atoms with van der Waals surface area (Å²) in [7, 11) is 2.15. The fourth-order valence-corrected chi connectivity index (χ4v) is 3.67. The molecule has 1 aliphatic rings. The first-order valence-electron chi connectivity index (χ1n) is 8.97. The van der Waals surface area contributed by atoms with Gasteiger partial charge in [-0.2, -0.15) is 5.10 Å². The minimum atomic E-state index is 0.515. The van der Waals surface area contributed by atoms with Crippen LogP contribution in [0.4, 0.5) is 5.82 Å². The Kier molecular flexibility index (Phi) is 4.36. The van der Waals surface area contributed by atoms with Crippen molar-refractivity contribution in [1.29, 1.82) is 0 Å². The SMILES string of the molecule is CCN1CCC(N(C)c2ncnc3c2cnn3-c2ccccc2)CC1. The summed E-state index contributed by atoms with van der Waals surface area (Å²) in [5, 5.41) is 5.56. The van der Waals surface area contributed by atoms with E-state index >= 15 is 0 Å². The van der Waals surface area contributed by atoms with E-state index in [9.17, 15) is 0 Å². The highest BCUT2D eigenvalue weighted by Gasteiger charge is 2.24. The smallest absolute Gasteiger partial charge is 0.168 e. The molecule has 0 aliphatic carbocycles. The highest BCUT2D eigenvalue weighted by atomic mass is 15.3. The zero-order chi connectivity index (χ0) is 17.2. The Hall–Kier alpha value is -2.47. The van der Waals surface area contributed by atoms with Gasteiger partial charge in [-0.3, -0.25) is 0 Å². The summed E-state index contributed by atoms with van der Waals surface area (Å²) in [5.41, 5.74) is 1.87. The van der Waals surface area contributed by atoms with Gasteiger partial charge in [-0.15, -0.1) is 0 Å². The molecule has 0 spiro atoms. The van der Waals surface area contributed by atoms with Crippen LogP contribution in [0.15, 0.2) is 42.9 Å². The number of piperidine rings is 1. The molecule has 0 unspecified atom stereocenters. The Morgan fingerprint density at radius 2 is 1.88 bits per heavy atom. The highest BCUT2D eigenvalue weighted by Crippen LogP contribution is 2.27. The number of aromatic nitrogens is 4. The Labute approximate surface area is 148 Å². The maximum Gasteiger partial charge on any atom is 0.168 e. The second-order valence-electron chi connectivity index (χ2n) is 6.60. The van der Waals surface area contributed by atoms with Gasteiger partial charge in [0.1, 0.15) is 12.1 Å². The lowest BCUT2D eigenvalue weighted by atomic mass is 10.0. The Morgan fingerprint density at radius 1 is 1.12 bits per heavy atom. The van der Waals surface area contributed by atoms with Gasteiger partial charge in [0.25, 0.3) is 0 Å². The normalized spacial score (nSPS) is 16.4. The molecular formula is C19H24N6. The number of para-hydroxylation sites is 1. The van der Waals surface area contributed by atoms with E-state index in [1.807, 2.05) is 41.2 Å². The number of likely N-dealkylation sites (tertiary alicyclic amines) is 1. The predicted octanol–water partition coefficient (Wildman–Crippen LogP) is 2.74. The van der Waals surface area contributed by atoms with Gasteiger partial charge in [0.15, 0.2) is 5.65 Å². The van der Waals surface area contributed by atoms with E-state index in [0.29, 0.717) is 6.04 Å². The second-order valence-corrected chi connectivity index (χ2v) is 6.60. The molecule has 1 aromatic carbocycles. The van der Waals surface area contributed by atoms with E-state index in [0.717, 1.165) is 42.2 Å². The number of benzene rings is 1. The highest BCUT2D eigenvalue weighted by molar-refractivity contribution is 5.87. The average molecular weight is 336 g/mol. The molecule has 1 aliphatic heterocycles. The van der Waals surface area contributed by atoms with Crippen molar-refractivity contribution >= 4 is 16.9 Å². The first-order chi connectivity index (χ1) is 12.3. The fourth-order valence-electron chi connectivity index (χ4n) is 3.67. The van der Waals surface area contributed by atoms with Gasteiger partial charge < -0.3 is 9.80 Å². The quantitative estimate of drug-likeness (QED) is 0.733. The number of hydrogen-bond donors (Lipinski definition) is 0. The molecule has 0 radical (unpaired) electrons. The van der Waals surface area contributed by atoms with E-state index in [1.165, 1.54) is 12.8 Å². The van der Waals surface area contributed by atoms with Gasteiger partial charge in [-0.05, 0) is 31.5 Å². The molecule has 0 N–H and O–H groups in total. The summed E-state index contributed by atoms with van der Waals surface area (Å²) in [6.45, 7) is 5.68. The molecule has 3 aromatic rings. The van der Waals surface area contributed by atoms with Gasteiger partial charge >= 0.3 is 0 Å². The van der Waals surface area contributed by atoms with E-state index in [2.05, 4.69) is 38.8 Å². The summed E-state index contributed by atoms with van der Waals surface area (Å²) >= 11 is 0. The summed E-state index contributed by atoms with van der Waals surface area (Å²) in [4.78, 5) is 13.9. The molecule has 1 fully saturated rings. The number of rotatable bonds is 4. The maximum atomic E-state index is 4.58. The molecule has 0 atom stereocenters. The third-order valence-electron chi connectivity index (χ3n) is 5.23. The van der Waals surface area contributed by atoms with Crippen LogP contribution in [0.3, 0.4) is 0 Å².